The molecule has 0 spiro atoms. The predicted octanol–water partition coefficient (Wildman–Crippen LogP) is 5.41. The quantitative estimate of drug-likeness (QED) is 0.534. The highest BCUT2D eigenvalue weighted by Crippen LogP contribution is 2.35. The normalized spacial score (nSPS) is 19.4. The zero-order valence-electron chi connectivity index (χ0n) is 20.6. The minimum Gasteiger partial charge on any atom is -0.381 e. The monoisotopic (exact) mass is 477 g/mol. The number of hydrogen-bond acceptors (Lipinski definition) is 5. The molecule has 2 aromatic heterocycles. The van der Waals surface area contributed by atoms with Crippen LogP contribution in [0.15, 0.2) is 94.1 Å². The molecule has 0 radical (unpaired) electrons. The number of aliphatic imine (C=N–C) groups is 2. The highest BCUT2D eigenvalue weighted by molar-refractivity contribution is 6.16. The van der Waals surface area contributed by atoms with Crippen LogP contribution in [0.4, 0.5) is 0 Å². The van der Waals surface area contributed by atoms with E-state index in [1.54, 1.807) is 6.21 Å². The molecule has 182 valence electrons. The molecular formula is C30H31N5O. The third-order valence-corrected chi connectivity index (χ3v) is 7.39. The number of aryl methyl sites for hydroxylation is 1. The van der Waals surface area contributed by atoms with E-state index >= 15 is 0 Å². The standard InChI is InChI=1S/C30H31N5O/c1-35-12-6-21-4-5-23(16-29(21)35)28-18-27(17-26-15-25(28)20-32-10-11-33-26)34-30(22-7-13-36-14-8-22)24-3-2-9-31-19-24/h2-6,9-12,16-19,22,30,34H,7-8,13-15,20H2,1H3. The van der Waals surface area contributed by atoms with Gasteiger partial charge >= 0.3 is 0 Å². The van der Waals surface area contributed by atoms with E-state index in [1.165, 1.54) is 33.2 Å². The van der Waals surface area contributed by atoms with Gasteiger partial charge in [0.25, 0.3) is 0 Å². The fraction of sp³-hybridized carbons (Fsp3) is 0.300. The van der Waals surface area contributed by atoms with Crippen LogP contribution in [0.1, 0.15) is 36.4 Å². The maximum atomic E-state index is 5.68. The van der Waals surface area contributed by atoms with E-state index in [2.05, 4.69) is 75.6 Å². The second kappa shape index (κ2) is 10.1. The van der Waals surface area contributed by atoms with E-state index in [0.29, 0.717) is 12.5 Å². The van der Waals surface area contributed by atoms with Crippen LogP contribution < -0.4 is 5.32 Å². The number of aromatic nitrogens is 2. The lowest BCUT2D eigenvalue weighted by Gasteiger charge is -2.32. The van der Waals surface area contributed by atoms with Gasteiger partial charge in [0.1, 0.15) is 0 Å². The minimum atomic E-state index is 0.148. The summed E-state index contributed by atoms with van der Waals surface area (Å²) < 4.78 is 7.86. The van der Waals surface area contributed by atoms with E-state index in [0.717, 1.165) is 43.9 Å². The molecule has 3 aromatic rings. The zero-order valence-corrected chi connectivity index (χ0v) is 20.6. The number of nitrogens with zero attached hydrogens (tertiary/aromatic N) is 4. The first kappa shape index (κ1) is 22.7. The number of fused-ring (bicyclic) bond motifs is 3. The first-order valence-corrected chi connectivity index (χ1v) is 12.7. The summed E-state index contributed by atoms with van der Waals surface area (Å²) in [6.45, 7) is 2.27. The van der Waals surface area contributed by atoms with E-state index < -0.39 is 0 Å². The Balaban J connectivity index is 1.44. The van der Waals surface area contributed by atoms with Gasteiger partial charge in [-0.2, -0.15) is 0 Å². The van der Waals surface area contributed by atoms with E-state index in [1.807, 2.05) is 24.7 Å². The van der Waals surface area contributed by atoms with Gasteiger partial charge in [0.15, 0.2) is 0 Å². The summed E-state index contributed by atoms with van der Waals surface area (Å²) in [4.78, 5) is 13.8. The van der Waals surface area contributed by atoms with Gasteiger partial charge < -0.3 is 14.6 Å². The molecule has 1 unspecified atom stereocenters. The molecule has 1 aromatic carbocycles. The molecular weight excluding hydrogens is 446 g/mol. The lowest BCUT2D eigenvalue weighted by Crippen LogP contribution is -2.31. The van der Waals surface area contributed by atoms with Crippen LogP contribution in [-0.4, -0.2) is 41.7 Å². The maximum Gasteiger partial charge on any atom is 0.0613 e. The van der Waals surface area contributed by atoms with Crippen LogP contribution in [0, 0.1) is 5.92 Å². The van der Waals surface area contributed by atoms with Gasteiger partial charge in [-0.15, -0.1) is 0 Å². The van der Waals surface area contributed by atoms with Crippen molar-refractivity contribution in [2.75, 3.05) is 19.8 Å². The van der Waals surface area contributed by atoms with E-state index in [-0.39, 0.29) is 6.04 Å². The minimum absolute atomic E-state index is 0.148. The van der Waals surface area contributed by atoms with Crippen molar-refractivity contribution in [1.82, 2.24) is 14.9 Å². The fourth-order valence-corrected chi connectivity index (χ4v) is 5.47. The predicted molar refractivity (Wildman–Crippen MR) is 146 cm³/mol. The first-order valence-electron chi connectivity index (χ1n) is 12.7. The second-order valence-corrected chi connectivity index (χ2v) is 9.76. The van der Waals surface area contributed by atoms with Gasteiger partial charge in [-0.05, 0) is 76.8 Å². The van der Waals surface area contributed by atoms with Crippen molar-refractivity contribution < 1.29 is 4.74 Å². The number of hydrogen-bond donors (Lipinski definition) is 1. The molecule has 1 N–H and O–H groups in total. The van der Waals surface area contributed by atoms with Gasteiger partial charge in [-0.1, -0.05) is 18.2 Å². The Kier molecular flexibility index (Phi) is 6.35. The molecule has 3 aliphatic rings. The van der Waals surface area contributed by atoms with Crippen LogP contribution in [0.5, 0.6) is 0 Å². The highest BCUT2D eigenvalue weighted by Gasteiger charge is 2.27. The van der Waals surface area contributed by atoms with Gasteiger partial charge in [0.2, 0.25) is 0 Å². The SMILES string of the molecule is Cn1ccc2ccc(C3=C4CN=CC=NC(=CC(NC(c5cccnc5)C5CCOCC5)=C3)C4)cc21. The molecule has 0 saturated carbocycles. The van der Waals surface area contributed by atoms with Crippen molar-refractivity contribution in [1.29, 1.82) is 0 Å². The highest BCUT2D eigenvalue weighted by atomic mass is 16.5. The Morgan fingerprint density at radius 1 is 1.08 bits per heavy atom. The zero-order chi connectivity index (χ0) is 24.3. The number of nitrogens with one attached hydrogen (secondary N) is 1. The van der Waals surface area contributed by atoms with Crippen LogP contribution in [0.25, 0.3) is 16.5 Å². The Labute approximate surface area is 211 Å². The second-order valence-electron chi connectivity index (χ2n) is 9.76. The van der Waals surface area contributed by atoms with Crippen molar-refractivity contribution in [3.05, 3.63) is 95.2 Å². The summed E-state index contributed by atoms with van der Waals surface area (Å²) in [5.74, 6) is 0.470. The largest absolute Gasteiger partial charge is 0.381 e. The topological polar surface area (TPSA) is 63.8 Å². The van der Waals surface area contributed by atoms with Gasteiger partial charge in [-0.25, -0.2) is 0 Å². The van der Waals surface area contributed by atoms with Crippen LogP contribution in [0.2, 0.25) is 0 Å². The molecule has 4 heterocycles. The number of benzene rings is 1. The average molecular weight is 478 g/mol. The lowest BCUT2D eigenvalue weighted by atomic mass is 9.87. The molecule has 1 saturated heterocycles. The number of ether oxygens (including phenoxy) is 1. The molecule has 6 rings (SSSR count). The maximum absolute atomic E-state index is 5.68. The smallest absolute Gasteiger partial charge is 0.0613 e. The summed E-state index contributed by atoms with van der Waals surface area (Å²) in [6, 6.07) is 13.2. The summed E-state index contributed by atoms with van der Waals surface area (Å²) in [5.41, 5.74) is 8.25. The molecule has 2 aliphatic heterocycles. The summed E-state index contributed by atoms with van der Waals surface area (Å²) >= 11 is 0. The molecule has 6 heteroatoms. The van der Waals surface area contributed by atoms with Gasteiger partial charge in [0, 0.05) is 74.6 Å². The number of pyridine rings is 1. The van der Waals surface area contributed by atoms with Crippen molar-refractivity contribution >= 4 is 28.9 Å². The molecule has 0 amide bonds. The van der Waals surface area contributed by atoms with E-state index in [4.69, 9.17) is 9.73 Å². The van der Waals surface area contributed by atoms with Gasteiger partial charge in [-0.3, -0.25) is 15.0 Å². The Hall–Kier alpha value is -3.77. The van der Waals surface area contributed by atoms with Crippen molar-refractivity contribution in [3.63, 3.8) is 0 Å². The van der Waals surface area contributed by atoms with Crippen LogP contribution >= 0.6 is 0 Å². The Morgan fingerprint density at radius 2 is 2.00 bits per heavy atom. The lowest BCUT2D eigenvalue weighted by molar-refractivity contribution is 0.0550. The number of allylic oxidation sites excluding steroid dienone is 4. The van der Waals surface area contributed by atoms with Crippen molar-refractivity contribution in [2.45, 2.75) is 25.3 Å². The first-order chi connectivity index (χ1) is 17.7. The van der Waals surface area contributed by atoms with Crippen molar-refractivity contribution in [2.24, 2.45) is 23.0 Å². The number of rotatable bonds is 5. The summed E-state index contributed by atoms with van der Waals surface area (Å²) in [5, 5.41) is 5.16. The fourth-order valence-electron chi connectivity index (χ4n) is 5.47. The Morgan fingerprint density at radius 3 is 2.86 bits per heavy atom. The van der Waals surface area contributed by atoms with Crippen LogP contribution in [0.3, 0.4) is 0 Å². The molecule has 1 atom stereocenters. The molecule has 36 heavy (non-hydrogen) atoms. The summed E-state index contributed by atoms with van der Waals surface area (Å²) in [6.07, 6.45) is 16.9. The third kappa shape index (κ3) is 4.69. The van der Waals surface area contributed by atoms with E-state index in [9.17, 15) is 0 Å². The van der Waals surface area contributed by atoms with Crippen molar-refractivity contribution in [3.8, 4) is 0 Å². The summed E-state index contributed by atoms with van der Waals surface area (Å²) in [7, 11) is 2.10. The molecule has 1 fully saturated rings. The third-order valence-electron chi connectivity index (χ3n) is 7.39. The Bertz CT molecular complexity index is 1400. The molecule has 1 aliphatic carbocycles. The van der Waals surface area contributed by atoms with Gasteiger partial charge in [0.05, 0.1) is 12.6 Å². The average Bonchev–Trinajstić information content (AvgIpc) is 3.16. The molecule has 6 nitrogen and oxygen atoms in total. The molecule has 2 bridgehead atoms. The van der Waals surface area contributed by atoms with Crippen LogP contribution in [-0.2, 0) is 11.8 Å².